The van der Waals surface area contributed by atoms with Crippen molar-refractivity contribution in [2.45, 2.75) is 11.8 Å². The van der Waals surface area contributed by atoms with Gasteiger partial charge < -0.3 is 5.11 Å². The molecule has 0 bridgehead atoms. The Balaban J connectivity index is 3.47. The van der Waals surface area contributed by atoms with Crippen molar-refractivity contribution in [1.29, 1.82) is 0 Å². The minimum absolute atomic E-state index is 0.0623. The van der Waals surface area contributed by atoms with Crippen molar-refractivity contribution in [3.05, 3.63) is 26.6 Å². The smallest absolute Gasteiger partial charge is 0.338 e. The van der Waals surface area contributed by atoms with E-state index in [0.717, 1.165) is 6.20 Å². The highest BCUT2D eigenvalue weighted by Gasteiger charge is 2.22. The fourth-order valence-corrected chi connectivity index (χ4v) is 2.39. The average molecular weight is 392 g/mol. The number of carboxylic acid groups (broad SMARTS) is 1. The lowest BCUT2D eigenvalue weighted by molar-refractivity contribution is 0.0693. The molecule has 0 aliphatic rings. The van der Waals surface area contributed by atoms with Crippen LogP contribution in [0.5, 0.6) is 0 Å². The van der Waals surface area contributed by atoms with E-state index in [-0.39, 0.29) is 25.7 Å². The van der Waals surface area contributed by atoms with Crippen molar-refractivity contribution in [1.82, 2.24) is 4.98 Å². The van der Waals surface area contributed by atoms with Gasteiger partial charge in [-0.2, -0.15) is 0 Å². The quantitative estimate of drug-likeness (QED) is 0.489. The molecule has 1 heterocycles. The zero-order valence-electron chi connectivity index (χ0n) is 7.18. The lowest BCUT2D eigenvalue weighted by Crippen LogP contribution is -2.09. The topological polar surface area (TPSA) is 50.2 Å². The summed E-state index contributed by atoms with van der Waals surface area (Å²) in [6.07, 6.45) is -1.71. The Morgan fingerprint density at radius 3 is 2.67 bits per heavy atom. The van der Waals surface area contributed by atoms with Crippen LogP contribution in [0.25, 0.3) is 0 Å². The van der Waals surface area contributed by atoms with Crippen LogP contribution in [0.15, 0.2) is 6.20 Å². The van der Waals surface area contributed by atoms with Crippen molar-refractivity contribution >= 4 is 44.5 Å². The SMILES string of the molecule is O=C(O)c1c(I)ncc(C(F)F)c1CBr. The van der Waals surface area contributed by atoms with E-state index in [1.165, 1.54) is 0 Å². The summed E-state index contributed by atoms with van der Waals surface area (Å²) < 4.78 is 25.3. The number of carbonyl (C=O) groups is 1. The fourth-order valence-electron chi connectivity index (χ4n) is 1.09. The second-order valence-corrected chi connectivity index (χ2v) is 4.18. The number of alkyl halides is 3. The van der Waals surface area contributed by atoms with Crippen molar-refractivity contribution in [3.63, 3.8) is 0 Å². The van der Waals surface area contributed by atoms with E-state index in [4.69, 9.17) is 5.11 Å². The summed E-state index contributed by atoms with van der Waals surface area (Å²) in [6.45, 7) is 0. The minimum Gasteiger partial charge on any atom is -0.478 e. The number of rotatable bonds is 3. The number of aromatic nitrogens is 1. The first-order chi connectivity index (χ1) is 6.99. The molecular formula is C8H5BrF2INO2. The number of hydrogen-bond acceptors (Lipinski definition) is 2. The van der Waals surface area contributed by atoms with E-state index in [9.17, 15) is 13.6 Å². The molecule has 0 amide bonds. The molecule has 0 aromatic carbocycles. The van der Waals surface area contributed by atoms with Crippen LogP contribution in [0.3, 0.4) is 0 Å². The van der Waals surface area contributed by atoms with Gasteiger partial charge in [-0.15, -0.1) is 0 Å². The first-order valence-electron chi connectivity index (χ1n) is 3.73. The Morgan fingerprint density at radius 1 is 1.67 bits per heavy atom. The molecule has 1 aromatic heterocycles. The van der Waals surface area contributed by atoms with Gasteiger partial charge in [0.25, 0.3) is 6.43 Å². The third-order valence-corrected chi connectivity index (χ3v) is 3.13. The van der Waals surface area contributed by atoms with Gasteiger partial charge in [0, 0.05) is 17.1 Å². The van der Waals surface area contributed by atoms with E-state index in [0.29, 0.717) is 0 Å². The number of pyridine rings is 1. The van der Waals surface area contributed by atoms with Crippen molar-refractivity contribution in [2.24, 2.45) is 0 Å². The summed E-state index contributed by atoms with van der Waals surface area (Å²) in [4.78, 5) is 14.5. The predicted molar refractivity (Wildman–Crippen MR) is 61.5 cm³/mol. The predicted octanol–water partition coefficient (Wildman–Crippen LogP) is 3.22. The van der Waals surface area contributed by atoms with Gasteiger partial charge in [-0.1, -0.05) is 15.9 Å². The molecule has 0 atom stereocenters. The molecule has 1 rings (SSSR count). The van der Waals surface area contributed by atoms with Crippen LogP contribution in [0.2, 0.25) is 0 Å². The van der Waals surface area contributed by atoms with Gasteiger partial charge in [0.15, 0.2) is 0 Å². The van der Waals surface area contributed by atoms with Gasteiger partial charge in [-0.05, 0) is 28.2 Å². The van der Waals surface area contributed by atoms with Crippen molar-refractivity contribution in [2.75, 3.05) is 0 Å². The Kier molecular flexibility index (Phi) is 4.38. The van der Waals surface area contributed by atoms with Crippen molar-refractivity contribution in [3.8, 4) is 0 Å². The lowest BCUT2D eigenvalue weighted by Gasteiger charge is -2.10. The first kappa shape index (κ1) is 12.8. The molecule has 1 aromatic rings. The van der Waals surface area contributed by atoms with E-state index < -0.39 is 12.4 Å². The standard InChI is InChI=1S/C8H5BrF2INO2/c9-1-3-4(6(10)11)2-13-7(12)5(3)8(14)15/h2,6H,1H2,(H,14,15). The molecule has 0 radical (unpaired) electrons. The second-order valence-electron chi connectivity index (χ2n) is 2.60. The first-order valence-corrected chi connectivity index (χ1v) is 5.93. The van der Waals surface area contributed by atoms with Crippen LogP contribution in [0.4, 0.5) is 8.78 Å². The Hall–Kier alpha value is -0.310. The average Bonchev–Trinajstić information content (AvgIpc) is 2.15. The monoisotopic (exact) mass is 391 g/mol. The number of hydrogen-bond donors (Lipinski definition) is 1. The third kappa shape index (κ3) is 2.63. The second kappa shape index (κ2) is 5.15. The summed E-state index contributed by atoms with van der Waals surface area (Å²) in [6, 6.07) is 0. The van der Waals surface area contributed by atoms with Crippen LogP contribution < -0.4 is 0 Å². The lowest BCUT2D eigenvalue weighted by atomic mass is 10.1. The molecule has 3 nitrogen and oxygen atoms in total. The highest BCUT2D eigenvalue weighted by Crippen LogP contribution is 2.28. The molecule has 0 aliphatic heterocycles. The molecule has 15 heavy (non-hydrogen) atoms. The Bertz CT molecular complexity index is 400. The number of halogens is 4. The molecule has 0 spiro atoms. The molecule has 7 heteroatoms. The van der Waals surface area contributed by atoms with E-state index in [1.807, 2.05) is 0 Å². The maximum atomic E-state index is 12.5. The van der Waals surface area contributed by atoms with Crippen molar-refractivity contribution < 1.29 is 18.7 Å². The van der Waals surface area contributed by atoms with E-state index >= 15 is 0 Å². The summed E-state index contributed by atoms with van der Waals surface area (Å²) in [5, 5.41) is 8.94. The maximum absolute atomic E-state index is 12.5. The number of carboxylic acids is 1. The van der Waals surface area contributed by atoms with Gasteiger partial charge in [-0.25, -0.2) is 18.6 Å². The van der Waals surface area contributed by atoms with E-state index in [1.54, 1.807) is 22.6 Å². The zero-order chi connectivity index (χ0) is 11.6. The molecule has 0 fully saturated rings. The largest absolute Gasteiger partial charge is 0.478 e. The molecular weight excluding hydrogens is 387 g/mol. The van der Waals surface area contributed by atoms with E-state index in [2.05, 4.69) is 20.9 Å². The normalized spacial score (nSPS) is 10.7. The fraction of sp³-hybridized carbons (Fsp3) is 0.250. The summed E-state index contributed by atoms with van der Waals surface area (Å²) >= 11 is 4.71. The van der Waals surface area contributed by atoms with Crippen LogP contribution in [-0.2, 0) is 5.33 Å². The van der Waals surface area contributed by atoms with Crippen LogP contribution in [-0.4, -0.2) is 16.1 Å². The van der Waals surface area contributed by atoms with Gasteiger partial charge >= 0.3 is 5.97 Å². The van der Waals surface area contributed by atoms with Crippen LogP contribution in [0, 0.1) is 3.70 Å². The molecule has 0 unspecified atom stereocenters. The highest BCUT2D eigenvalue weighted by atomic mass is 127. The summed E-state index contributed by atoms with van der Waals surface area (Å²) in [5.41, 5.74) is -0.424. The third-order valence-electron chi connectivity index (χ3n) is 1.76. The molecule has 1 N–H and O–H groups in total. The summed E-state index contributed by atoms with van der Waals surface area (Å²) in [5.74, 6) is -1.25. The summed E-state index contributed by atoms with van der Waals surface area (Å²) in [7, 11) is 0. The molecule has 0 saturated heterocycles. The molecule has 0 saturated carbocycles. The van der Waals surface area contributed by atoms with Gasteiger partial charge in [-0.3, -0.25) is 0 Å². The Labute approximate surface area is 106 Å². The zero-order valence-corrected chi connectivity index (χ0v) is 10.9. The highest BCUT2D eigenvalue weighted by molar-refractivity contribution is 14.1. The maximum Gasteiger partial charge on any atom is 0.338 e. The van der Waals surface area contributed by atoms with Gasteiger partial charge in [0.2, 0.25) is 0 Å². The Morgan fingerprint density at radius 2 is 2.27 bits per heavy atom. The van der Waals surface area contributed by atoms with Crippen LogP contribution >= 0.6 is 38.5 Å². The van der Waals surface area contributed by atoms with Crippen LogP contribution in [0.1, 0.15) is 27.9 Å². The van der Waals surface area contributed by atoms with Gasteiger partial charge in [0.1, 0.15) is 3.70 Å². The number of aromatic carboxylic acids is 1. The molecule has 0 aliphatic carbocycles. The van der Waals surface area contributed by atoms with Gasteiger partial charge in [0.05, 0.1) is 5.56 Å². The molecule has 82 valence electrons. The number of nitrogens with zero attached hydrogens (tertiary/aromatic N) is 1. The minimum atomic E-state index is -2.72.